The molecule has 0 saturated carbocycles. The Morgan fingerprint density at radius 3 is 2.56 bits per heavy atom. The van der Waals surface area contributed by atoms with Gasteiger partial charge >= 0.3 is 0 Å². The van der Waals surface area contributed by atoms with Gasteiger partial charge in [0, 0.05) is 0 Å². The molecule has 0 saturated heterocycles. The molecule has 4 N–H and O–H groups in total. The van der Waals surface area contributed by atoms with Crippen LogP contribution in [-0.4, -0.2) is 27.6 Å². The van der Waals surface area contributed by atoms with Gasteiger partial charge in [0.25, 0.3) is 5.91 Å². The second-order valence-corrected chi connectivity index (χ2v) is 7.09. The van der Waals surface area contributed by atoms with Crippen LogP contribution in [0.3, 0.4) is 0 Å². The molecule has 0 spiro atoms. The van der Waals surface area contributed by atoms with Gasteiger partial charge in [-0.2, -0.15) is 5.10 Å². The maximum absolute atomic E-state index is 12.5. The van der Waals surface area contributed by atoms with Gasteiger partial charge in [-0.1, -0.05) is 18.2 Å². The van der Waals surface area contributed by atoms with Crippen molar-refractivity contribution >= 4 is 33.8 Å². The highest BCUT2D eigenvalue weighted by Crippen LogP contribution is 2.25. The van der Waals surface area contributed by atoms with E-state index in [0.29, 0.717) is 10.6 Å². The second kappa shape index (κ2) is 7.63. The number of aryl methyl sites for hydroxylation is 1. The minimum atomic E-state index is -0.567. The Bertz CT molecular complexity index is 977. The molecule has 0 bridgehead atoms. The van der Waals surface area contributed by atoms with E-state index in [0.717, 1.165) is 22.8 Å². The van der Waals surface area contributed by atoms with Crippen LogP contribution in [0.25, 0.3) is 5.69 Å². The number of nitrogens with zero attached hydrogens (tertiary/aromatic N) is 2. The molecule has 7 nitrogen and oxygen atoms in total. The summed E-state index contributed by atoms with van der Waals surface area (Å²) < 4.78 is 1.84. The summed E-state index contributed by atoms with van der Waals surface area (Å²) in [7, 11) is 0. The predicted molar refractivity (Wildman–Crippen MR) is 108 cm³/mol. The zero-order valence-electron chi connectivity index (χ0n) is 15.3. The maximum Gasteiger partial charge on any atom is 0.251 e. The van der Waals surface area contributed by atoms with Crippen LogP contribution in [0.5, 0.6) is 0 Å². The van der Waals surface area contributed by atoms with Crippen molar-refractivity contribution in [1.82, 2.24) is 9.78 Å². The molecule has 1 atom stereocenters. The summed E-state index contributed by atoms with van der Waals surface area (Å²) in [6, 6.07) is 10.9. The minimum Gasteiger partial charge on any atom is -0.371 e. The lowest BCUT2D eigenvalue weighted by Crippen LogP contribution is -2.32. The monoisotopic (exact) mass is 383 g/mol. The van der Waals surface area contributed by atoms with Crippen LogP contribution >= 0.6 is 11.3 Å². The average molecular weight is 383 g/mol. The number of hydrogen-bond acceptors (Lipinski definition) is 5. The zero-order valence-corrected chi connectivity index (χ0v) is 16.1. The SMILES string of the molecule is Cc1nn(-c2ccccc2)c(C)c1N[C@@H](C)C(=O)Nc1sccc1C(N)=O. The van der Waals surface area contributed by atoms with Crippen molar-refractivity contribution in [3.05, 3.63) is 58.7 Å². The number of carbonyl (C=O) groups is 2. The van der Waals surface area contributed by atoms with Crippen LogP contribution in [0.1, 0.15) is 28.7 Å². The van der Waals surface area contributed by atoms with Crippen molar-refractivity contribution in [2.24, 2.45) is 5.73 Å². The van der Waals surface area contributed by atoms with E-state index < -0.39 is 11.9 Å². The minimum absolute atomic E-state index is 0.258. The van der Waals surface area contributed by atoms with Gasteiger partial charge in [-0.05, 0) is 44.4 Å². The topological polar surface area (TPSA) is 102 Å². The number of primary amides is 1. The first-order chi connectivity index (χ1) is 12.9. The molecule has 2 aromatic heterocycles. The molecule has 8 heteroatoms. The fraction of sp³-hybridized carbons (Fsp3) is 0.211. The van der Waals surface area contributed by atoms with E-state index in [9.17, 15) is 9.59 Å². The lowest BCUT2D eigenvalue weighted by molar-refractivity contribution is -0.116. The summed E-state index contributed by atoms with van der Waals surface area (Å²) >= 11 is 1.26. The number of nitrogens with two attached hydrogens (primary N) is 1. The van der Waals surface area contributed by atoms with Crippen molar-refractivity contribution in [2.75, 3.05) is 10.6 Å². The van der Waals surface area contributed by atoms with Crippen molar-refractivity contribution < 1.29 is 9.59 Å². The number of nitrogens with one attached hydrogen (secondary N) is 2. The highest BCUT2D eigenvalue weighted by atomic mass is 32.1. The summed E-state index contributed by atoms with van der Waals surface area (Å²) in [6.07, 6.45) is 0. The van der Waals surface area contributed by atoms with Crippen molar-refractivity contribution in [3.63, 3.8) is 0 Å². The van der Waals surface area contributed by atoms with Crippen molar-refractivity contribution in [1.29, 1.82) is 0 Å². The van der Waals surface area contributed by atoms with Gasteiger partial charge in [0.05, 0.1) is 28.3 Å². The molecular formula is C19H21N5O2S. The van der Waals surface area contributed by atoms with Crippen molar-refractivity contribution in [3.8, 4) is 5.69 Å². The lowest BCUT2D eigenvalue weighted by atomic mass is 10.2. The Hall–Kier alpha value is -3.13. The number of para-hydroxylation sites is 1. The number of rotatable bonds is 6. The van der Waals surface area contributed by atoms with E-state index in [-0.39, 0.29) is 5.91 Å². The third-order valence-corrected chi connectivity index (χ3v) is 5.04. The molecular weight excluding hydrogens is 362 g/mol. The van der Waals surface area contributed by atoms with E-state index in [1.807, 2.05) is 48.9 Å². The second-order valence-electron chi connectivity index (χ2n) is 6.18. The number of aromatic nitrogens is 2. The van der Waals surface area contributed by atoms with E-state index >= 15 is 0 Å². The first kappa shape index (κ1) is 18.7. The summed E-state index contributed by atoms with van der Waals surface area (Å²) in [5, 5.41) is 12.7. The van der Waals surface area contributed by atoms with E-state index in [1.54, 1.807) is 18.4 Å². The first-order valence-electron chi connectivity index (χ1n) is 8.44. The summed E-state index contributed by atoms with van der Waals surface area (Å²) in [4.78, 5) is 23.9. The largest absolute Gasteiger partial charge is 0.371 e. The van der Waals surface area contributed by atoms with Gasteiger partial charge in [-0.25, -0.2) is 4.68 Å². The Balaban J connectivity index is 1.77. The molecule has 0 aliphatic rings. The highest BCUT2D eigenvalue weighted by Gasteiger charge is 2.20. The molecule has 0 aliphatic carbocycles. The van der Waals surface area contributed by atoms with Gasteiger partial charge in [0.1, 0.15) is 11.0 Å². The van der Waals surface area contributed by atoms with Gasteiger partial charge in [-0.3, -0.25) is 9.59 Å². The molecule has 140 valence electrons. The molecule has 27 heavy (non-hydrogen) atoms. The molecule has 2 amide bonds. The molecule has 1 aromatic carbocycles. The number of carbonyl (C=O) groups excluding carboxylic acids is 2. The van der Waals surface area contributed by atoms with Gasteiger partial charge < -0.3 is 16.4 Å². The molecule has 3 rings (SSSR count). The van der Waals surface area contributed by atoms with Crippen molar-refractivity contribution in [2.45, 2.75) is 26.8 Å². The van der Waals surface area contributed by atoms with Crippen LogP contribution in [0.15, 0.2) is 41.8 Å². The summed E-state index contributed by atoms with van der Waals surface area (Å²) in [5.41, 5.74) is 9.10. The average Bonchev–Trinajstić information content (AvgIpc) is 3.22. The zero-order chi connectivity index (χ0) is 19.6. The first-order valence-corrected chi connectivity index (χ1v) is 9.32. The molecule has 0 fully saturated rings. The van der Waals surface area contributed by atoms with E-state index in [1.165, 1.54) is 11.3 Å². The van der Waals surface area contributed by atoms with Crippen LogP contribution in [0, 0.1) is 13.8 Å². The van der Waals surface area contributed by atoms with Gasteiger partial charge in [0.15, 0.2) is 0 Å². The van der Waals surface area contributed by atoms with Crippen LogP contribution in [0.4, 0.5) is 10.7 Å². The van der Waals surface area contributed by atoms with Crippen LogP contribution in [-0.2, 0) is 4.79 Å². The fourth-order valence-electron chi connectivity index (χ4n) is 2.77. The number of benzene rings is 1. The Morgan fingerprint density at radius 2 is 1.89 bits per heavy atom. The number of anilines is 2. The standard InChI is InChI=1S/C19H21N5O2S/c1-11-16(13(3)24(23-11)14-7-5-4-6-8-14)21-12(2)18(26)22-19-15(17(20)25)9-10-27-19/h4-10,12,21H,1-3H3,(H2,20,25)(H,22,26)/t12-/m0/s1. The van der Waals surface area contributed by atoms with Gasteiger partial charge in [0.2, 0.25) is 5.91 Å². The summed E-state index contributed by atoms with van der Waals surface area (Å²) in [6.45, 7) is 5.60. The van der Waals surface area contributed by atoms with Crippen LogP contribution in [0.2, 0.25) is 0 Å². The normalized spacial score (nSPS) is 11.8. The Labute approximate surface area is 161 Å². The molecule has 0 radical (unpaired) electrons. The lowest BCUT2D eigenvalue weighted by Gasteiger charge is -2.15. The Morgan fingerprint density at radius 1 is 1.19 bits per heavy atom. The third kappa shape index (κ3) is 3.85. The smallest absolute Gasteiger partial charge is 0.251 e. The van der Waals surface area contributed by atoms with E-state index in [4.69, 9.17) is 5.73 Å². The molecule has 0 aliphatic heterocycles. The quantitative estimate of drug-likeness (QED) is 0.609. The maximum atomic E-state index is 12.5. The van der Waals surface area contributed by atoms with Crippen LogP contribution < -0.4 is 16.4 Å². The Kier molecular flexibility index (Phi) is 5.27. The highest BCUT2D eigenvalue weighted by molar-refractivity contribution is 7.14. The molecule has 0 unspecified atom stereocenters. The summed E-state index contributed by atoms with van der Waals surface area (Å²) in [5.74, 6) is -0.825. The number of amides is 2. The molecule has 2 heterocycles. The number of hydrogen-bond donors (Lipinski definition) is 3. The molecule has 3 aromatic rings. The third-order valence-electron chi connectivity index (χ3n) is 4.21. The predicted octanol–water partition coefficient (Wildman–Crippen LogP) is 3.09. The fourth-order valence-corrected chi connectivity index (χ4v) is 3.57. The van der Waals surface area contributed by atoms with E-state index in [2.05, 4.69) is 15.7 Å². The van der Waals surface area contributed by atoms with Gasteiger partial charge in [-0.15, -0.1) is 11.3 Å². The number of thiophene rings is 1.